The van der Waals surface area contributed by atoms with Crippen molar-refractivity contribution >= 4 is 17.4 Å². The fourth-order valence-electron chi connectivity index (χ4n) is 4.24. The number of hydrogen-bond donors (Lipinski definition) is 1. The average Bonchev–Trinajstić information content (AvgIpc) is 3.17. The Bertz CT molecular complexity index is 1070. The summed E-state index contributed by atoms with van der Waals surface area (Å²) in [5.41, 5.74) is 1.74. The molecule has 0 radical (unpaired) electrons. The number of nitrogens with one attached hydrogen (secondary N) is 1. The van der Waals surface area contributed by atoms with Crippen LogP contribution in [-0.4, -0.2) is 44.5 Å². The molecule has 0 unspecified atom stereocenters. The zero-order valence-electron chi connectivity index (χ0n) is 17.2. The lowest BCUT2D eigenvalue weighted by molar-refractivity contribution is -0.138. The second kappa shape index (κ2) is 7.93. The van der Waals surface area contributed by atoms with Gasteiger partial charge in [0, 0.05) is 25.8 Å². The number of aryl methyl sites for hydroxylation is 2. The first-order valence-corrected chi connectivity index (χ1v) is 10.3. The highest BCUT2D eigenvalue weighted by Gasteiger charge is 2.43. The predicted octanol–water partition coefficient (Wildman–Crippen LogP) is 2.18. The molecule has 8 heteroatoms. The summed E-state index contributed by atoms with van der Waals surface area (Å²) in [7, 11) is 1.60. The van der Waals surface area contributed by atoms with Crippen molar-refractivity contribution in [1.29, 1.82) is 0 Å². The van der Waals surface area contributed by atoms with Gasteiger partial charge in [0.05, 0.1) is 17.7 Å². The smallest absolute Gasteiger partial charge is 0.278 e. The Kier molecular flexibility index (Phi) is 5.32. The molecule has 30 heavy (non-hydrogen) atoms. The highest BCUT2D eigenvalue weighted by molar-refractivity contribution is 6.35. The summed E-state index contributed by atoms with van der Waals surface area (Å²) in [6.45, 7) is 3.28. The van der Waals surface area contributed by atoms with Crippen LogP contribution in [0, 0.1) is 5.82 Å². The van der Waals surface area contributed by atoms with Gasteiger partial charge in [-0.25, -0.2) is 4.39 Å². The monoisotopic (exact) mass is 412 g/mol. The van der Waals surface area contributed by atoms with Gasteiger partial charge in [0.25, 0.3) is 17.4 Å². The molecule has 1 aromatic heterocycles. The van der Waals surface area contributed by atoms with Gasteiger partial charge >= 0.3 is 0 Å². The second-order valence-electron chi connectivity index (χ2n) is 7.78. The number of benzene rings is 1. The zero-order chi connectivity index (χ0) is 21.4. The standard InChI is InChI=1S/C22H25FN4O3/c1-3-16-17(20(28)25(2)24-16)18-19(26-11-5-4-6-12-26)22(30)27(21(18)29)13-14-7-9-15(23)10-8-14/h7-10,24H,3-6,11-13H2,1-2H3. The SMILES string of the molecule is CCc1[nH]n(C)c(=O)c1C1=C(N2CCCCC2)C(=O)N(Cc2ccc(F)cc2)C1=O. The van der Waals surface area contributed by atoms with Gasteiger partial charge in [-0.05, 0) is 43.4 Å². The van der Waals surface area contributed by atoms with Crippen molar-refractivity contribution in [2.24, 2.45) is 7.05 Å². The number of imide groups is 1. The summed E-state index contributed by atoms with van der Waals surface area (Å²) in [6, 6.07) is 5.72. The van der Waals surface area contributed by atoms with Crippen molar-refractivity contribution < 1.29 is 14.0 Å². The number of H-pyrrole nitrogens is 1. The van der Waals surface area contributed by atoms with Crippen LogP contribution in [0.5, 0.6) is 0 Å². The first-order valence-electron chi connectivity index (χ1n) is 10.3. The van der Waals surface area contributed by atoms with E-state index in [2.05, 4.69) is 5.10 Å². The van der Waals surface area contributed by atoms with Crippen LogP contribution in [-0.2, 0) is 29.6 Å². The molecule has 0 atom stereocenters. The molecule has 1 N–H and O–H groups in total. The molecule has 3 heterocycles. The number of amides is 2. The van der Waals surface area contributed by atoms with E-state index in [1.807, 2.05) is 11.8 Å². The number of aromatic amines is 1. The number of carbonyl (C=O) groups is 2. The first kappa shape index (κ1) is 20.1. The predicted molar refractivity (Wildman–Crippen MR) is 110 cm³/mol. The van der Waals surface area contributed by atoms with E-state index in [-0.39, 0.29) is 29.1 Å². The fourth-order valence-corrected chi connectivity index (χ4v) is 4.24. The van der Waals surface area contributed by atoms with E-state index < -0.39 is 11.8 Å². The third-order valence-corrected chi connectivity index (χ3v) is 5.80. The summed E-state index contributed by atoms with van der Waals surface area (Å²) in [5, 5.41) is 3.00. The molecule has 2 aliphatic heterocycles. The van der Waals surface area contributed by atoms with E-state index in [9.17, 15) is 18.8 Å². The van der Waals surface area contributed by atoms with Gasteiger partial charge in [-0.3, -0.25) is 29.1 Å². The Morgan fingerprint density at radius 1 is 1.00 bits per heavy atom. The van der Waals surface area contributed by atoms with Crippen molar-refractivity contribution in [3.63, 3.8) is 0 Å². The van der Waals surface area contributed by atoms with E-state index in [1.165, 1.54) is 21.7 Å². The molecule has 1 saturated heterocycles. The third kappa shape index (κ3) is 3.36. The number of aromatic nitrogens is 2. The van der Waals surface area contributed by atoms with E-state index in [0.717, 1.165) is 19.3 Å². The molecule has 1 fully saturated rings. The Labute approximate surface area is 173 Å². The minimum Gasteiger partial charge on any atom is -0.366 e. The summed E-state index contributed by atoms with van der Waals surface area (Å²) < 4.78 is 14.6. The molecule has 1 aromatic carbocycles. The number of halogens is 1. The summed E-state index contributed by atoms with van der Waals surface area (Å²) >= 11 is 0. The third-order valence-electron chi connectivity index (χ3n) is 5.80. The summed E-state index contributed by atoms with van der Waals surface area (Å²) in [6.07, 6.45) is 3.47. The molecule has 7 nitrogen and oxygen atoms in total. The van der Waals surface area contributed by atoms with Crippen LogP contribution in [0.3, 0.4) is 0 Å². The van der Waals surface area contributed by atoms with Gasteiger partial charge in [-0.2, -0.15) is 0 Å². The molecule has 158 valence electrons. The van der Waals surface area contributed by atoms with Crippen LogP contribution in [0.25, 0.3) is 5.57 Å². The van der Waals surface area contributed by atoms with Crippen molar-refractivity contribution in [2.75, 3.05) is 13.1 Å². The highest BCUT2D eigenvalue weighted by atomic mass is 19.1. The molecular formula is C22H25FN4O3. The number of piperidine rings is 1. The van der Waals surface area contributed by atoms with Crippen LogP contribution in [0.15, 0.2) is 34.8 Å². The van der Waals surface area contributed by atoms with Crippen LogP contribution in [0.1, 0.15) is 43.0 Å². The Morgan fingerprint density at radius 2 is 1.67 bits per heavy atom. The number of likely N-dealkylation sites (tertiary alicyclic amines) is 1. The minimum atomic E-state index is -0.476. The lowest BCUT2D eigenvalue weighted by atomic mass is 10.0. The zero-order valence-corrected chi connectivity index (χ0v) is 17.2. The van der Waals surface area contributed by atoms with Gasteiger partial charge in [0.1, 0.15) is 11.5 Å². The van der Waals surface area contributed by atoms with E-state index in [1.54, 1.807) is 19.2 Å². The molecule has 0 spiro atoms. The van der Waals surface area contributed by atoms with Crippen molar-refractivity contribution in [2.45, 2.75) is 39.2 Å². The Morgan fingerprint density at radius 3 is 2.30 bits per heavy atom. The fraction of sp³-hybridized carbons (Fsp3) is 0.409. The molecular weight excluding hydrogens is 387 g/mol. The lowest BCUT2D eigenvalue weighted by Gasteiger charge is -2.29. The quantitative estimate of drug-likeness (QED) is 0.764. The largest absolute Gasteiger partial charge is 0.366 e. The maximum atomic E-state index is 13.5. The number of hydrogen-bond acceptors (Lipinski definition) is 4. The number of nitrogens with zero attached hydrogens (tertiary/aromatic N) is 3. The van der Waals surface area contributed by atoms with Crippen molar-refractivity contribution in [1.82, 2.24) is 19.6 Å². The van der Waals surface area contributed by atoms with E-state index in [0.29, 0.717) is 36.5 Å². The van der Waals surface area contributed by atoms with E-state index in [4.69, 9.17) is 0 Å². The second-order valence-corrected chi connectivity index (χ2v) is 7.78. The van der Waals surface area contributed by atoms with Crippen LogP contribution < -0.4 is 5.56 Å². The summed E-state index contributed by atoms with van der Waals surface area (Å²) in [4.78, 5) is 42.8. The molecule has 0 bridgehead atoms. The highest BCUT2D eigenvalue weighted by Crippen LogP contribution is 2.34. The van der Waals surface area contributed by atoms with E-state index >= 15 is 0 Å². The summed E-state index contributed by atoms with van der Waals surface area (Å²) in [5.74, 6) is -1.25. The first-order chi connectivity index (χ1) is 14.4. The van der Waals surface area contributed by atoms with Gasteiger partial charge in [0.2, 0.25) is 0 Å². The van der Waals surface area contributed by atoms with Crippen LogP contribution in [0.2, 0.25) is 0 Å². The topological polar surface area (TPSA) is 78.4 Å². The molecule has 4 rings (SSSR count). The number of rotatable bonds is 5. The van der Waals surface area contributed by atoms with Crippen molar-refractivity contribution in [3.05, 3.63) is 63.0 Å². The molecule has 2 amide bonds. The Balaban J connectivity index is 1.81. The average molecular weight is 412 g/mol. The minimum absolute atomic E-state index is 0.0327. The van der Waals surface area contributed by atoms with Crippen LogP contribution in [0.4, 0.5) is 4.39 Å². The van der Waals surface area contributed by atoms with Gasteiger partial charge in [0.15, 0.2) is 0 Å². The normalized spacial score (nSPS) is 17.4. The number of carbonyl (C=O) groups excluding carboxylic acids is 2. The molecule has 2 aromatic rings. The maximum absolute atomic E-state index is 13.5. The maximum Gasteiger partial charge on any atom is 0.278 e. The molecule has 2 aliphatic rings. The van der Waals surface area contributed by atoms with Gasteiger partial charge < -0.3 is 4.90 Å². The lowest BCUT2D eigenvalue weighted by Crippen LogP contribution is -2.36. The van der Waals surface area contributed by atoms with Crippen LogP contribution >= 0.6 is 0 Å². The van der Waals surface area contributed by atoms with Gasteiger partial charge in [-0.15, -0.1) is 0 Å². The molecule has 0 saturated carbocycles. The Hall–Kier alpha value is -3.16. The molecule has 0 aliphatic carbocycles. The van der Waals surface area contributed by atoms with Crippen molar-refractivity contribution in [3.8, 4) is 0 Å². The van der Waals surface area contributed by atoms with Gasteiger partial charge in [-0.1, -0.05) is 19.1 Å².